The number of rotatable bonds is 5. The Bertz CT molecular complexity index is 991. The van der Waals surface area contributed by atoms with Crippen molar-refractivity contribution < 1.29 is 23.2 Å². The molecule has 1 heterocycles. The number of carbonyl (C=O) groups is 3. The maximum Gasteiger partial charge on any atom is 0.293 e. The summed E-state index contributed by atoms with van der Waals surface area (Å²) in [5, 5.41) is 2.07. The van der Waals surface area contributed by atoms with E-state index in [1.165, 1.54) is 36.4 Å². The first-order valence-electron chi connectivity index (χ1n) is 8.41. The SMILES string of the molecule is Cc1ccc(F)cc1C(=O)NCCN1C(=O)S/C(=C\c2ccccc2F)C1=O. The lowest BCUT2D eigenvalue weighted by Crippen LogP contribution is -2.37. The van der Waals surface area contributed by atoms with Crippen LogP contribution < -0.4 is 5.32 Å². The molecule has 8 heteroatoms. The number of hydrogen-bond acceptors (Lipinski definition) is 4. The van der Waals surface area contributed by atoms with Crippen molar-refractivity contribution in [2.45, 2.75) is 6.92 Å². The average molecular weight is 402 g/mol. The van der Waals surface area contributed by atoms with Crippen LogP contribution in [0.3, 0.4) is 0 Å². The number of benzene rings is 2. The Morgan fingerprint density at radius 1 is 1.18 bits per heavy atom. The molecule has 28 heavy (non-hydrogen) atoms. The Balaban J connectivity index is 1.63. The summed E-state index contributed by atoms with van der Waals surface area (Å²) in [6.07, 6.45) is 1.33. The van der Waals surface area contributed by atoms with Gasteiger partial charge in [-0.2, -0.15) is 0 Å². The summed E-state index contributed by atoms with van der Waals surface area (Å²) in [7, 11) is 0. The van der Waals surface area contributed by atoms with Crippen LogP contribution in [0.4, 0.5) is 13.6 Å². The fourth-order valence-corrected chi connectivity index (χ4v) is 3.50. The van der Waals surface area contributed by atoms with Crippen molar-refractivity contribution in [1.82, 2.24) is 10.2 Å². The Morgan fingerprint density at radius 3 is 2.68 bits per heavy atom. The number of imide groups is 1. The van der Waals surface area contributed by atoms with Crippen molar-refractivity contribution in [3.63, 3.8) is 0 Å². The highest BCUT2D eigenvalue weighted by Gasteiger charge is 2.34. The standard InChI is InChI=1S/C20H16F2N2O3S/c1-12-6-7-14(21)11-15(12)18(25)23-8-9-24-19(26)17(28-20(24)27)10-13-4-2-3-5-16(13)22/h2-7,10-11H,8-9H2,1H3,(H,23,25)/b17-10-. The van der Waals surface area contributed by atoms with Gasteiger partial charge in [0, 0.05) is 24.2 Å². The molecule has 3 amide bonds. The van der Waals surface area contributed by atoms with Crippen LogP contribution in [0.2, 0.25) is 0 Å². The van der Waals surface area contributed by atoms with Gasteiger partial charge in [-0.05, 0) is 48.5 Å². The van der Waals surface area contributed by atoms with Gasteiger partial charge in [0.15, 0.2) is 0 Å². The first-order chi connectivity index (χ1) is 13.4. The molecule has 2 aromatic carbocycles. The lowest BCUT2D eigenvalue weighted by atomic mass is 10.1. The van der Waals surface area contributed by atoms with Gasteiger partial charge in [0.2, 0.25) is 0 Å². The molecule has 0 atom stereocenters. The van der Waals surface area contributed by atoms with Crippen molar-refractivity contribution in [1.29, 1.82) is 0 Å². The molecule has 0 aliphatic carbocycles. The largest absolute Gasteiger partial charge is 0.350 e. The van der Waals surface area contributed by atoms with Crippen LogP contribution in [0.25, 0.3) is 6.08 Å². The first kappa shape index (κ1) is 19.8. The van der Waals surface area contributed by atoms with E-state index in [1.54, 1.807) is 13.0 Å². The van der Waals surface area contributed by atoms with Crippen molar-refractivity contribution in [3.8, 4) is 0 Å². The summed E-state index contributed by atoms with van der Waals surface area (Å²) in [5.74, 6) is -2.06. The van der Waals surface area contributed by atoms with E-state index in [9.17, 15) is 23.2 Å². The molecule has 144 valence electrons. The average Bonchev–Trinajstić information content (AvgIpc) is 2.92. The lowest BCUT2D eigenvalue weighted by Gasteiger charge is -2.13. The first-order valence-corrected chi connectivity index (χ1v) is 9.22. The number of hydrogen-bond donors (Lipinski definition) is 1. The second-order valence-corrected chi connectivity index (χ2v) is 7.06. The van der Waals surface area contributed by atoms with Gasteiger partial charge in [-0.3, -0.25) is 19.3 Å². The maximum atomic E-state index is 13.7. The fraction of sp³-hybridized carbons (Fsp3) is 0.150. The van der Waals surface area contributed by atoms with Crippen molar-refractivity contribution in [2.24, 2.45) is 0 Å². The zero-order valence-electron chi connectivity index (χ0n) is 14.9. The van der Waals surface area contributed by atoms with Crippen LogP contribution in [0, 0.1) is 18.6 Å². The van der Waals surface area contributed by atoms with E-state index in [1.807, 2.05) is 0 Å². The van der Waals surface area contributed by atoms with Crippen LogP contribution in [0.15, 0.2) is 47.4 Å². The molecule has 5 nitrogen and oxygen atoms in total. The van der Waals surface area contributed by atoms with Crippen molar-refractivity contribution in [2.75, 3.05) is 13.1 Å². The predicted molar refractivity (Wildman–Crippen MR) is 103 cm³/mol. The quantitative estimate of drug-likeness (QED) is 0.774. The minimum Gasteiger partial charge on any atom is -0.350 e. The van der Waals surface area contributed by atoms with Gasteiger partial charge < -0.3 is 5.32 Å². The summed E-state index contributed by atoms with van der Waals surface area (Å²) < 4.78 is 27.1. The molecule has 1 fully saturated rings. The highest BCUT2D eigenvalue weighted by atomic mass is 32.2. The smallest absolute Gasteiger partial charge is 0.293 e. The number of nitrogens with zero attached hydrogens (tertiary/aromatic N) is 1. The van der Waals surface area contributed by atoms with E-state index in [-0.39, 0.29) is 29.1 Å². The topological polar surface area (TPSA) is 66.5 Å². The van der Waals surface area contributed by atoms with Crippen LogP contribution in [0.5, 0.6) is 0 Å². The molecule has 0 bridgehead atoms. The Labute approximate surface area is 164 Å². The number of thioether (sulfide) groups is 1. The summed E-state index contributed by atoms with van der Waals surface area (Å²) in [6, 6.07) is 9.81. The molecule has 1 N–H and O–H groups in total. The van der Waals surface area contributed by atoms with E-state index < -0.39 is 28.7 Å². The number of halogens is 2. The monoisotopic (exact) mass is 402 g/mol. The summed E-state index contributed by atoms with van der Waals surface area (Å²) in [5.41, 5.74) is 1.01. The molecule has 3 rings (SSSR count). The second-order valence-electron chi connectivity index (χ2n) is 6.07. The normalized spacial score (nSPS) is 15.4. The fourth-order valence-electron chi connectivity index (χ4n) is 2.64. The molecule has 1 aliphatic heterocycles. The van der Waals surface area contributed by atoms with Crippen LogP contribution in [-0.4, -0.2) is 35.0 Å². The van der Waals surface area contributed by atoms with Crippen molar-refractivity contribution >= 4 is 34.9 Å². The van der Waals surface area contributed by atoms with Crippen LogP contribution in [0.1, 0.15) is 21.5 Å². The summed E-state index contributed by atoms with van der Waals surface area (Å²) in [4.78, 5) is 37.8. The maximum absolute atomic E-state index is 13.7. The molecule has 0 unspecified atom stereocenters. The number of nitrogens with one attached hydrogen (secondary N) is 1. The van der Waals surface area contributed by atoms with Gasteiger partial charge in [-0.1, -0.05) is 24.3 Å². The van der Waals surface area contributed by atoms with E-state index in [2.05, 4.69) is 5.32 Å². The summed E-state index contributed by atoms with van der Waals surface area (Å²) >= 11 is 0.715. The third kappa shape index (κ3) is 4.28. The number of amides is 3. The van der Waals surface area contributed by atoms with Gasteiger partial charge in [0.1, 0.15) is 11.6 Å². The van der Waals surface area contributed by atoms with Gasteiger partial charge in [-0.25, -0.2) is 8.78 Å². The zero-order valence-corrected chi connectivity index (χ0v) is 15.7. The van der Waals surface area contributed by atoms with Gasteiger partial charge in [-0.15, -0.1) is 0 Å². The lowest BCUT2D eigenvalue weighted by molar-refractivity contribution is -0.122. The molecule has 1 aliphatic rings. The van der Waals surface area contributed by atoms with Gasteiger partial charge in [0.05, 0.1) is 4.91 Å². The molecule has 0 saturated carbocycles. The third-order valence-electron chi connectivity index (χ3n) is 4.13. The molecule has 2 aromatic rings. The molecule has 0 radical (unpaired) electrons. The minimum absolute atomic E-state index is 0.0137. The van der Waals surface area contributed by atoms with Gasteiger partial charge >= 0.3 is 0 Å². The molecule has 0 aromatic heterocycles. The van der Waals surface area contributed by atoms with E-state index in [4.69, 9.17) is 0 Å². The molecule has 1 saturated heterocycles. The zero-order chi connectivity index (χ0) is 20.3. The Morgan fingerprint density at radius 2 is 1.93 bits per heavy atom. The van der Waals surface area contributed by atoms with E-state index in [0.717, 1.165) is 11.0 Å². The summed E-state index contributed by atoms with van der Waals surface area (Å²) in [6.45, 7) is 1.65. The van der Waals surface area contributed by atoms with Crippen molar-refractivity contribution in [3.05, 3.63) is 75.7 Å². The second kappa shape index (κ2) is 8.35. The Kier molecular flexibility index (Phi) is 5.89. The molecular formula is C20H16F2N2O3S. The number of aryl methyl sites for hydroxylation is 1. The van der Waals surface area contributed by atoms with Gasteiger partial charge in [0.25, 0.3) is 17.1 Å². The highest BCUT2D eigenvalue weighted by Crippen LogP contribution is 2.32. The number of carbonyl (C=O) groups excluding carboxylic acids is 3. The molecular weight excluding hydrogens is 386 g/mol. The van der Waals surface area contributed by atoms with Crippen LogP contribution in [-0.2, 0) is 4.79 Å². The van der Waals surface area contributed by atoms with Crippen LogP contribution >= 0.6 is 11.8 Å². The Hall–Kier alpha value is -3.00. The van der Waals surface area contributed by atoms with E-state index >= 15 is 0 Å². The predicted octanol–water partition coefficient (Wildman–Crippen LogP) is 3.74. The third-order valence-corrected chi connectivity index (χ3v) is 5.04. The van der Waals surface area contributed by atoms with E-state index in [0.29, 0.717) is 17.3 Å². The molecule has 0 spiro atoms. The minimum atomic E-state index is -0.547. The highest BCUT2D eigenvalue weighted by molar-refractivity contribution is 8.18.